The number of nitrogens with one attached hydrogen (secondary N) is 1. The zero-order valence-corrected chi connectivity index (χ0v) is 27.3. The number of benzene rings is 2. The van der Waals surface area contributed by atoms with Crippen LogP contribution in [-0.4, -0.2) is 86.5 Å². The predicted molar refractivity (Wildman–Crippen MR) is 177 cm³/mol. The number of amides is 1. The lowest BCUT2D eigenvalue weighted by molar-refractivity contribution is 0.0591. The molecule has 3 aromatic rings. The van der Waals surface area contributed by atoms with Crippen molar-refractivity contribution >= 4 is 27.3 Å². The highest BCUT2D eigenvalue weighted by atomic mass is 32.2. The maximum atomic E-state index is 13.2. The fourth-order valence-electron chi connectivity index (χ4n) is 5.77. The van der Waals surface area contributed by atoms with E-state index in [2.05, 4.69) is 20.7 Å². The standard InChI is InChI=1S/C34H40N6O5S/c1-24(37-28-12-16-39(17-13-28)23-26-6-4-25(21-35)5-7-26)27-8-10-31(36-22-27)34(41)40-18-14-29(15-19-40)45-33-11-9-30(44-2)20-32(33)38-46(3,42)43/h4-11,20,22,28-29,38H,12-19,23H2,1-3H3. The Morgan fingerprint density at radius 3 is 2.37 bits per heavy atom. The molecular weight excluding hydrogens is 604 g/mol. The van der Waals surface area contributed by atoms with E-state index in [4.69, 9.17) is 19.7 Å². The number of likely N-dealkylation sites (tertiary alicyclic amines) is 2. The lowest BCUT2D eigenvalue weighted by Gasteiger charge is -2.32. The number of rotatable bonds is 10. The van der Waals surface area contributed by atoms with Crippen LogP contribution in [0.5, 0.6) is 11.5 Å². The second-order valence-electron chi connectivity index (χ2n) is 11.8. The number of hydrogen-bond acceptors (Lipinski definition) is 9. The maximum Gasteiger partial charge on any atom is 0.272 e. The van der Waals surface area contributed by atoms with Crippen molar-refractivity contribution < 1.29 is 22.7 Å². The number of carbonyl (C=O) groups excluding carboxylic acids is 1. The Morgan fingerprint density at radius 2 is 1.76 bits per heavy atom. The van der Waals surface area contributed by atoms with Crippen molar-refractivity contribution in [2.24, 2.45) is 4.99 Å². The molecule has 0 saturated carbocycles. The van der Waals surface area contributed by atoms with Gasteiger partial charge in [0, 0.05) is 69.1 Å². The first kappa shape index (κ1) is 32.9. The molecule has 2 saturated heterocycles. The first-order chi connectivity index (χ1) is 22.1. The van der Waals surface area contributed by atoms with Crippen molar-refractivity contribution in [3.05, 3.63) is 83.2 Å². The van der Waals surface area contributed by atoms with Gasteiger partial charge in [0.15, 0.2) is 0 Å². The Bertz CT molecular complexity index is 1690. The van der Waals surface area contributed by atoms with E-state index >= 15 is 0 Å². The lowest BCUT2D eigenvalue weighted by Crippen LogP contribution is -2.42. The van der Waals surface area contributed by atoms with Gasteiger partial charge >= 0.3 is 0 Å². The van der Waals surface area contributed by atoms with Gasteiger partial charge in [-0.1, -0.05) is 12.1 Å². The summed E-state index contributed by atoms with van der Waals surface area (Å²) in [6.45, 7) is 5.80. The highest BCUT2D eigenvalue weighted by Gasteiger charge is 2.26. The molecule has 0 unspecified atom stereocenters. The molecule has 0 aliphatic carbocycles. The minimum Gasteiger partial charge on any atom is -0.497 e. The number of aliphatic imine (C=N–C) groups is 1. The number of carbonyl (C=O) groups is 1. The summed E-state index contributed by atoms with van der Waals surface area (Å²) in [5.74, 6) is 0.800. The minimum atomic E-state index is -3.51. The highest BCUT2D eigenvalue weighted by molar-refractivity contribution is 7.92. The van der Waals surface area contributed by atoms with Crippen molar-refractivity contribution in [3.8, 4) is 17.6 Å². The zero-order chi connectivity index (χ0) is 32.7. The van der Waals surface area contributed by atoms with Gasteiger partial charge < -0.3 is 14.4 Å². The van der Waals surface area contributed by atoms with E-state index in [9.17, 15) is 13.2 Å². The number of aromatic nitrogens is 1. The van der Waals surface area contributed by atoms with Gasteiger partial charge in [0.2, 0.25) is 10.0 Å². The number of sulfonamides is 1. The fourth-order valence-corrected chi connectivity index (χ4v) is 6.33. The van der Waals surface area contributed by atoms with E-state index in [1.165, 1.54) is 12.7 Å². The van der Waals surface area contributed by atoms with Gasteiger partial charge in [-0.05, 0) is 61.7 Å². The Kier molecular flexibility index (Phi) is 10.6. The summed E-state index contributed by atoms with van der Waals surface area (Å²) in [5.41, 5.74) is 4.41. The number of nitriles is 1. The van der Waals surface area contributed by atoms with Crippen molar-refractivity contribution in [1.29, 1.82) is 5.26 Å². The number of hydrogen-bond donors (Lipinski definition) is 1. The van der Waals surface area contributed by atoms with Gasteiger partial charge in [-0.15, -0.1) is 0 Å². The molecule has 5 rings (SSSR count). The molecule has 0 atom stereocenters. The third kappa shape index (κ3) is 8.83. The monoisotopic (exact) mass is 644 g/mol. The molecule has 1 aromatic heterocycles. The van der Waals surface area contributed by atoms with Crippen LogP contribution in [0.4, 0.5) is 5.69 Å². The lowest BCUT2D eigenvalue weighted by atomic mass is 10.0. The van der Waals surface area contributed by atoms with Crippen molar-refractivity contribution in [2.75, 3.05) is 44.3 Å². The first-order valence-corrected chi connectivity index (χ1v) is 17.3. The quantitative estimate of drug-likeness (QED) is 0.319. The molecule has 2 aliphatic rings. The molecule has 1 N–H and O–H groups in total. The Balaban J connectivity index is 1.10. The summed E-state index contributed by atoms with van der Waals surface area (Å²) in [6.07, 6.45) is 5.80. The number of nitrogens with zero attached hydrogens (tertiary/aromatic N) is 5. The van der Waals surface area contributed by atoms with Crippen LogP contribution >= 0.6 is 0 Å². The van der Waals surface area contributed by atoms with Gasteiger partial charge in [-0.3, -0.25) is 24.4 Å². The summed E-state index contributed by atoms with van der Waals surface area (Å²) in [4.78, 5) is 26.9. The first-order valence-electron chi connectivity index (χ1n) is 15.4. The van der Waals surface area contributed by atoms with Crippen LogP contribution in [0, 0.1) is 11.3 Å². The van der Waals surface area contributed by atoms with Crippen LogP contribution in [-0.2, 0) is 16.6 Å². The Morgan fingerprint density at radius 1 is 1.04 bits per heavy atom. The van der Waals surface area contributed by atoms with Gasteiger partial charge in [-0.2, -0.15) is 5.26 Å². The Labute approximate surface area is 270 Å². The molecule has 0 radical (unpaired) electrons. The predicted octanol–water partition coefficient (Wildman–Crippen LogP) is 4.49. The summed E-state index contributed by atoms with van der Waals surface area (Å²) in [7, 11) is -2.00. The molecule has 2 aromatic carbocycles. The van der Waals surface area contributed by atoms with Crippen LogP contribution in [0.1, 0.15) is 59.8 Å². The summed E-state index contributed by atoms with van der Waals surface area (Å²) in [6, 6.07) is 18.8. The largest absolute Gasteiger partial charge is 0.497 e. The normalized spacial score (nSPS) is 16.9. The SMILES string of the molecule is COc1ccc(OC2CCN(C(=O)c3ccc(C(C)=NC4CCN(Cc5ccc(C#N)cc5)CC4)cn3)CC2)c(NS(C)(=O)=O)c1. The average molecular weight is 645 g/mol. The zero-order valence-electron chi connectivity index (χ0n) is 26.5. The van der Waals surface area contributed by atoms with Gasteiger partial charge in [0.05, 0.1) is 36.7 Å². The number of anilines is 1. The van der Waals surface area contributed by atoms with E-state index in [-0.39, 0.29) is 18.1 Å². The molecular formula is C34H40N6O5S. The van der Waals surface area contributed by atoms with Crippen LogP contribution in [0.25, 0.3) is 0 Å². The van der Waals surface area contributed by atoms with Gasteiger partial charge in [0.25, 0.3) is 5.91 Å². The van der Waals surface area contributed by atoms with E-state index in [1.807, 2.05) is 37.3 Å². The molecule has 0 bridgehead atoms. The van der Waals surface area contributed by atoms with Crippen LogP contribution in [0.2, 0.25) is 0 Å². The van der Waals surface area contributed by atoms with Crippen molar-refractivity contribution in [1.82, 2.24) is 14.8 Å². The van der Waals surface area contributed by atoms with Crippen molar-refractivity contribution in [2.45, 2.75) is 51.3 Å². The average Bonchev–Trinajstić information content (AvgIpc) is 3.06. The molecule has 0 spiro atoms. The molecule has 46 heavy (non-hydrogen) atoms. The number of ether oxygens (including phenoxy) is 2. The van der Waals surface area contributed by atoms with E-state index in [1.54, 1.807) is 35.4 Å². The molecule has 11 nitrogen and oxygen atoms in total. The number of piperidine rings is 2. The van der Waals surface area contributed by atoms with Gasteiger partial charge in [0.1, 0.15) is 23.3 Å². The summed E-state index contributed by atoms with van der Waals surface area (Å²) in [5, 5.41) is 9.00. The van der Waals surface area contributed by atoms with E-state index < -0.39 is 10.0 Å². The number of pyridine rings is 1. The number of methoxy groups -OCH3 is 1. The van der Waals surface area contributed by atoms with Crippen LogP contribution < -0.4 is 14.2 Å². The maximum absolute atomic E-state index is 13.2. The third-order valence-electron chi connectivity index (χ3n) is 8.33. The molecule has 3 heterocycles. The van der Waals surface area contributed by atoms with E-state index in [0.29, 0.717) is 54.4 Å². The van der Waals surface area contributed by atoms with Crippen molar-refractivity contribution in [3.63, 3.8) is 0 Å². The molecule has 12 heteroatoms. The molecule has 2 fully saturated rings. The Hall–Kier alpha value is -4.47. The van der Waals surface area contributed by atoms with Gasteiger partial charge in [-0.25, -0.2) is 8.42 Å². The topological polar surface area (TPSA) is 137 Å². The summed E-state index contributed by atoms with van der Waals surface area (Å²) < 4.78 is 37.6. The highest BCUT2D eigenvalue weighted by Crippen LogP contribution is 2.32. The molecule has 242 valence electrons. The van der Waals surface area contributed by atoms with E-state index in [0.717, 1.165) is 50.0 Å². The second-order valence-corrected chi connectivity index (χ2v) is 13.6. The second kappa shape index (κ2) is 14.7. The summed E-state index contributed by atoms with van der Waals surface area (Å²) >= 11 is 0. The van der Waals surface area contributed by atoms with Crippen LogP contribution in [0.15, 0.2) is 65.8 Å². The molecule has 1 amide bonds. The smallest absolute Gasteiger partial charge is 0.272 e. The fraction of sp³-hybridized carbons (Fsp3) is 0.412. The minimum absolute atomic E-state index is 0.127. The van der Waals surface area contributed by atoms with Crippen LogP contribution in [0.3, 0.4) is 0 Å². The third-order valence-corrected chi connectivity index (χ3v) is 8.92. The molecule has 2 aliphatic heterocycles.